The van der Waals surface area contributed by atoms with E-state index in [-0.39, 0.29) is 22.2 Å². The summed E-state index contributed by atoms with van der Waals surface area (Å²) in [6, 6.07) is 10.3. The van der Waals surface area contributed by atoms with Crippen LogP contribution in [0.15, 0.2) is 51.5 Å². The summed E-state index contributed by atoms with van der Waals surface area (Å²) >= 11 is 7.01. The lowest BCUT2D eigenvalue weighted by Crippen LogP contribution is -2.42. The van der Waals surface area contributed by atoms with Gasteiger partial charge in [0.25, 0.3) is 15.6 Å². The Kier molecular flexibility index (Phi) is 5.98. The molecule has 1 unspecified atom stereocenters. The van der Waals surface area contributed by atoms with Gasteiger partial charge >= 0.3 is 0 Å². The van der Waals surface area contributed by atoms with Crippen LogP contribution >= 0.6 is 22.9 Å². The molecule has 0 bridgehead atoms. The summed E-state index contributed by atoms with van der Waals surface area (Å²) in [4.78, 5) is 24.7. The molecule has 162 valence electrons. The van der Waals surface area contributed by atoms with Crippen molar-refractivity contribution >= 4 is 44.6 Å². The van der Waals surface area contributed by atoms with Gasteiger partial charge in [-0.25, -0.2) is 13.5 Å². The molecule has 2 aromatic heterocycles. The van der Waals surface area contributed by atoms with Crippen molar-refractivity contribution in [3.05, 3.63) is 63.4 Å². The number of carbonyl (C=O) groups excluding carboxylic acids is 1. The molecule has 0 spiro atoms. The molecule has 1 amide bonds. The van der Waals surface area contributed by atoms with Crippen LogP contribution in [0.2, 0.25) is 5.02 Å². The van der Waals surface area contributed by atoms with Crippen LogP contribution in [0.3, 0.4) is 0 Å². The molecule has 2 N–H and O–H groups in total. The normalized spacial score (nSPS) is 17.0. The minimum atomic E-state index is -3.87. The third-order valence-electron chi connectivity index (χ3n) is 5.03. The number of aromatic nitrogens is 2. The van der Waals surface area contributed by atoms with Crippen molar-refractivity contribution in [1.82, 2.24) is 14.5 Å². The lowest BCUT2D eigenvalue weighted by atomic mass is 10.1. The number of aryl methyl sites for hydroxylation is 1. The van der Waals surface area contributed by atoms with Gasteiger partial charge in [0.15, 0.2) is 0 Å². The summed E-state index contributed by atoms with van der Waals surface area (Å²) in [5.74, 6) is -0.370. The SMILES string of the molecule is Cc1cc(Cl)ccc1NC(=O)C1CCCN1S(=O)(=O)c1ccc(-c2ccc(=O)[nH]n2)s1. The molecule has 31 heavy (non-hydrogen) atoms. The second kappa shape index (κ2) is 8.54. The Labute approximate surface area is 187 Å². The molecule has 3 heterocycles. The maximum Gasteiger partial charge on any atom is 0.264 e. The summed E-state index contributed by atoms with van der Waals surface area (Å²) in [7, 11) is -3.87. The maximum atomic E-state index is 13.3. The first-order valence-electron chi connectivity index (χ1n) is 9.50. The first-order valence-corrected chi connectivity index (χ1v) is 12.1. The average molecular weight is 479 g/mol. The monoisotopic (exact) mass is 478 g/mol. The zero-order valence-corrected chi connectivity index (χ0v) is 18.9. The Morgan fingerprint density at radius 1 is 1.26 bits per heavy atom. The Hall–Kier alpha value is -2.53. The van der Waals surface area contributed by atoms with Gasteiger partial charge in [0, 0.05) is 23.3 Å². The molecule has 0 saturated carbocycles. The van der Waals surface area contributed by atoms with Crippen molar-refractivity contribution in [3.63, 3.8) is 0 Å². The third-order valence-corrected chi connectivity index (χ3v) is 8.75. The number of hydrogen-bond acceptors (Lipinski definition) is 6. The van der Waals surface area contributed by atoms with Crippen LogP contribution in [0.4, 0.5) is 5.69 Å². The predicted molar refractivity (Wildman–Crippen MR) is 120 cm³/mol. The van der Waals surface area contributed by atoms with E-state index in [9.17, 15) is 18.0 Å². The molecular weight excluding hydrogens is 460 g/mol. The predicted octanol–water partition coefficient (Wildman–Crippen LogP) is 3.25. The second-order valence-corrected chi connectivity index (χ2v) is 10.8. The molecule has 1 aliphatic rings. The molecule has 3 aromatic rings. The second-order valence-electron chi connectivity index (χ2n) is 7.15. The van der Waals surface area contributed by atoms with E-state index in [1.807, 2.05) is 6.92 Å². The number of nitrogens with zero attached hydrogens (tertiary/aromatic N) is 2. The van der Waals surface area contributed by atoms with Crippen molar-refractivity contribution in [2.75, 3.05) is 11.9 Å². The molecule has 1 aromatic carbocycles. The van der Waals surface area contributed by atoms with Gasteiger partial charge in [0.2, 0.25) is 5.91 Å². The quantitative estimate of drug-likeness (QED) is 0.584. The van der Waals surface area contributed by atoms with E-state index in [1.165, 1.54) is 22.5 Å². The van der Waals surface area contributed by atoms with E-state index < -0.39 is 16.1 Å². The van der Waals surface area contributed by atoms with Crippen LogP contribution in [0.5, 0.6) is 0 Å². The molecule has 0 radical (unpaired) electrons. The van der Waals surface area contributed by atoms with Gasteiger partial charge in [-0.1, -0.05) is 11.6 Å². The van der Waals surface area contributed by atoms with Crippen molar-refractivity contribution < 1.29 is 13.2 Å². The first kappa shape index (κ1) is 21.7. The van der Waals surface area contributed by atoms with Gasteiger partial charge in [0.05, 0.1) is 4.88 Å². The summed E-state index contributed by atoms with van der Waals surface area (Å²) in [6.07, 6.45) is 1.04. The smallest absolute Gasteiger partial charge is 0.264 e. The van der Waals surface area contributed by atoms with Crippen molar-refractivity contribution in [2.24, 2.45) is 0 Å². The van der Waals surface area contributed by atoms with Crippen molar-refractivity contribution in [3.8, 4) is 10.6 Å². The van der Waals surface area contributed by atoms with Gasteiger partial charge in [0.1, 0.15) is 15.9 Å². The fourth-order valence-electron chi connectivity index (χ4n) is 3.47. The summed E-state index contributed by atoms with van der Waals surface area (Å²) in [6.45, 7) is 2.09. The molecule has 1 fully saturated rings. The average Bonchev–Trinajstić information content (AvgIpc) is 3.41. The highest BCUT2D eigenvalue weighted by molar-refractivity contribution is 7.91. The summed E-state index contributed by atoms with van der Waals surface area (Å²) in [5, 5.41) is 9.66. The molecular formula is C20H19ClN4O4S2. The number of H-pyrrole nitrogens is 1. The number of rotatable bonds is 5. The number of hydrogen-bond donors (Lipinski definition) is 2. The van der Waals surface area contributed by atoms with Crippen molar-refractivity contribution in [2.45, 2.75) is 30.0 Å². The zero-order chi connectivity index (χ0) is 22.2. The van der Waals surface area contributed by atoms with Crippen LogP contribution in [0, 0.1) is 6.92 Å². The van der Waals surface area contributed by atoms with Crippen LogP contribution in [-0.2, 0) is 14.8 Å². The first-order chi connectivity index (χ1) is 14.8. The Morgan fingerprint density at radius 2 is 2.06 bits per heavy atom. The lowest BCUT2D eigenvalue weighted by molar-refractivity contribution is -0.119. The lowest BCUT2D eigenvalue weighted by Gasteiger charge is -2.23. The van der Waals surface area contributed by atoms with Crippen molar-refractivity contribution in [1.29, 1.82) is 0 Å². The molecule has 1 atom stereocenters. The fourth-order valence-corrected chi connectivity index (χ4v) is 6.76. The largest absolute Gasteiger partial charge is 0.324 e. The third kappa shape index (κ3) is 4.42. The van der Waals surface area contributed by atoms with E-state index in [2.05, 4.69) is 15.5 Å². The van der Waals surface area contributed by atoms with Crippen LogP contribution < -0.4 is 10.9 Å². The van der Waals surface area contributed by atoms with Gasteiger partial charge in [-0.05, 0) is 61.7 Å². The maximum absolute atomic E-state index is 13.3. The fraction of sp³-hybridized carbons (Fsp3) is 0.250. The standard InChI is InChI=1S/C20H19ClN4O4S2/c1-12-11-13(21)4-5-14(12)22-20(27)16-3-2-10-25(16)31(28,29)19-9-7-17(30-19)15-6-8-18(26)24-23-15/h4-9,11,16H,2-3,10H2,1H3,(H,22,27)(H,24,26). The molecule has 0 aliphatic carbocycles. The Morgan fingerprint density at radius 3 is 2.77 bits per heavy atom. The zero-order valence-electron chi connectivity index (χ0n) is 16.5. The molecule has 1 saturated heterocycles. The highest BCUT2D eigenvalue weighted by Crippen LogP contribution is 2.34. The van der Waals surface area contributed by atoms with E-state index in [0.717, 1.165) is 16.9 Å². The molecule has 8 nitrogen and oxygen atoms in total. The number of aromatic amines is 1. The van der Waals surface area contributed by atoms with E-state index >= 15 is 0 Å². The number of benzene rings is 1. The number of nitrogens with one attached hydrogen (secondary N) is 2. The molecule has 11 heteroatoms. The van der Waals surface area contributed by atoms with Gasteiger partial charge in [-0.15, -0.1) is 11.3 Å². The van der Waals surface area contributed by atoms with E-state index in [0.29, 0.717) is 34.1 Å². The van der Waals surface area contributed by atoms with E-state index in [4.69, 9.17) is 11.6 Å². The highest BCUT2D eigenvalue weighted by atomic mass is 35.5. The topological polar surface area (TPSA) is 112 Å². The van der Waals surface area contributed by atoms with Crippen LogP contribution in [0.25, 0.3) is 10.6 Å². The number of amides is 1. The number of halogens is 1. The molecule has 4 rings (SSSR count). The minimum Gasteiger partial charge on any atom is -0.324 e. The number of sulfonamides is 1. The van der Waals surface area contributed by atoms with Crippen LogP contribution in [0.1, 0.15) is 18.4 Å². The minimum absolute atomic E-state index is 0.123. The Balaban J connectivity index is 1.56. The molecule has 1 aliphatic heterocycles. The number of anilines is 1. The number of carbonyl (C=O) groups is 1. The summed E-state index contributed by atoms with van der Waals surface area (Å²) in [5.41, 5.74) is 1.53. The van der Waals surface area contributed by atoms with Gasteiger partial charge in [-0.3, -0.25) is 9.59 Å². The van der Waals surface area contributed by atoms with Crippen LogP contribution in [-0.4, -0.2) is 41.4 Å². The van der Waals surface area contributed by atoms with Gasteiger partial charge in [-0.2, -0.15) is 9.40 Å². The van der Waals surface area contributed by atoms with Gasteiger partial charge < -0.3 is 5.32 Å². The summed E-state index contributed by atoms with van der Waals surface area (Å²) < 4.78 is 27.9. The Bertz CT molecular complexity index is 1280. The van der Waals surface area contributed by atoms with E-state index in [1.54, 1.807) is 24.3 Å². The highest BCUT2D eigenvalue weighted by Gasteiger charge is 2.40. The number of thiophene rings is 1.